The Bertz CT molecular complexity index is 586. The van der Waals surface area contributed by atoms with E-state index in [1.807, 2.05) is 6.92 Å². The summed E-state index contributed by atoms with van der Waals surface area (Å²) in [6.45, 7) is 1.86. The fraction of sp³-hybridized carbons (Fsp3) is 0.400. The van der Waals surface area contributed by atoms with Crippen molar-refractivity contribution in [3.63, 3.8) is 0 Å². The van der Waals surface area contributed by atoms with E-state index in [0.717, 1.165) is 9.35 Å². The number of nitrogens with zero attached hydrogens (tertiary/aromatic N) is 3. The molecule has 2 aliphatic rings. The third kappa shape index (κ3) is 2.15. The van der Waals surface area contributed by atoms with Gasteiger partial charge in [0.2, 0.25) is 5.91 Å². The predicted octanol–water partition coefficient (Wildman–Crippen LogP) is 1.19. The smallest absolute Gasteiger partial charge is 0.352 e. The van der Waals surface area contributed by atoms with E-state index in [1.165, 1.54) is 28.0 Å². The first kappa shape index (κ1) is 12.9. The Labute approximate surface area is 121 Å². The molecule has 0 saturated carbocycles. The summed E-state index contributed by atoms with van der Waals surface area (Å²) in [6, 6.07) is 0. The first-order valence-corrected chi connectivity index (χ1v) is 8.17. The normalized spacial score (nSPS) is 25.6. The number of carboxylic acids is 1. The number of carboxylic acid groups (broad SMARTS) is 1. The van der Waals surface area contributed by atoms with Crippen LogP contribution < -0.4 is 0 Å². The highest BCUT2D eigenvalue weighted by Crippen LogP contribution is 2.45. The largest absolute Gasteiger partial charge is 0.477 e. The van der Waals surface area contributed by atoms with Crippen LogP contribution in [0.25, 0.3) is 0 Å². The lowest BCUT2D eigenvalue weighted by Gasteiger charge is -2.47. The van der Waals surface area contributed by atoms with Gasteiger partial charge >= 0.3 is 5.97 Å². The van der Waals surface area contributed by atoms with Crippen LogP contribution in [0.15, 0.2) is 16.1 Å². The number of thioether (sulfide) groups is 2. The fourth-order valence-electron chi connectivity index (χ4n) is 1.91. The lowest BCUT2D eigenvalue weighted by molar-refractivity contribution is -0.145. The maximum atomic E-state index is 12.1. The van der Waals surface area contributed by atoms with Crippen molar-refractivity contribution in [1.29, 1.82) is 0 Å². The zero-order valence-corrected chi connectivity index (χ0v) is 12.2. The van der Waals surface area contributed by atoms with Crippen molar-refractivity contribution in [3.8, 4) is 0 Å². The van der Waals surface area contributed by atoms with Crippen LogP contribution >= 0.6 is 34.9 Å². The van der Waals surface area contributed by atoms with Crippen LogP contribution in [0.3, 0.4) is 0 Å². The number of aromatic nitrogens is 2. The number of hydrogen-bond donors (Lipinski definition) is 1. The highest BCUT2D eigenvalue weighted by Gasteiger charge is 2.52. The van der Waals surface area contributed by atoms with Gasteiger partial charge in [-0.25, -0.2) is 4.79 Å². The monoisotopic (exact) mass is 315 g/mol. The number of hydrogen-bond acceptors (Lipinski definition) is 7. The number of aliphatic carboxylic acids is 1. The SMILES string of the molecule is Cc1nnc(SC2C(=O)N3C(C(=O)O)=CCS[C@@H]23)s1. The lowest BCUT2D eigenvalue weighted by Crippen LogP contribution is -2.62. The molecule has 0 radical (unpaired) electrons. The van der Waals surface area contributed by atoms with Crippen molar-refractivity contribution in [3.05, 3.63) is 16.8 Å². The summed E-state index contributed by atoms with van der Waals surface area (Å²) >= 11 is 4.39. The van der Waals surface area contributed by atoms with Crippen LogP contribution in [0.5, 0.6) is 0 Å². The van der Waals surface area contributed by atoms with E-state index in [9.17, 15) is 9.59 Å². The molecular weight excluding hydrogens is 306 g/mol. The number of rotatable bonds is 3. The van der Waals surface area contributed by atoms with Gasteiger partial charge in [-0.05, 0) is 13.0 Å². The van der Waals surface area contributed by atoms with E-state index in [1.54, 1.807) is 17.8 Å². The summed E-state index contributed by atoms with van der Waals surface area (Å²) in [5.74, 6) is -0.597. The van der Waals surface area contributed by atoms with Crippen LogP contribution in [0.1, 0.15) is 5.01 Å². The maximum absolute atomic E-state index is 12.1. The van der Waals surface area contributed by atoms with E-state index in [2.05, 4.69) is 10.2 Å². The van der Waals surface area contributed by atoms with Crippen LogP contribution in [0, 0.1) is 6.92 Å². The van der Waals surface area contributed by atoms with Crippen molar-refractivity contribution >= 4 is 46.7 Å². The molecule has 6 nitrogen and oxygen atoms in total. The third-order valence-corrected chi connectivity index (χ3v) is 6.28. The molecule has 0 spiro atoms. The van der Waals surface area contributed by atoms with E-state index in [-0.39, 0.29) is 22.2 Å². The lowest BCUT2D eigenvalue weighted by atomic mass is 10.1. The number of fused-ring (bicyclic) bond motifs is 1. The number of β-lactam (4-membered cyclic amide) rings is 1. The average Bonchev–Trinajstić information content (AvgIpc) is 2.80. The molecule has 3 rings (SSSR count). The molecule has 9 heteroatoms. The van der Waals surface area contributed by atoms with Gasteiger partial charge in [0.25, 0.3) is 0 Å². The highest BCUT2D eigenvalue weighted by molar-refractivity contribution is 8.05. The Morgan fingerprint density at radius 3 is 3.00 bits per heavy atom. The molecular formula is C10H9N3O3S3. The van der Waals surface area contributed by atoms with Crippen molar-refractivity contribution in [2.45, 2.75) is 21.9 Å². The van der Waals surface area contributed by atoms with Crippen LogP contribution in [-0.4, -0.2) is 48.5 Å². The molecule has 2 atom stereocenters. The molecule has 1 fully saturated rings. The summed E-state index contributed by atoms with van der Waals surface area (Å²) in [5.41, 5.74) is 0.0963. The van der Waals surface area contributed by atoms with Crippen molar-refractivity contribution in [2.75, 3.05) is 5.75 Å². The quantitative estimate of drug-likeness (QED) is 0.839. The molecule has 1 amide bonds. The first-order chi connectivity index (χ1) is 9.08. The molecule has 0 aliphatic carbocycles. The molecule has 0 bridgehead atoms. The minimum Gasteiger partial charge on any atom is -0.477 e. The molecule has 1 aromatic rings. The van der Waals surface area contributed by atoms with Gasteiger partial charge in [-0.15, -0.1) is 22.0 Å². The van der Waals surface area contributed by atoms with Gasteiger partial charge in [-0.3, -0.25) is 9.69 Å². The van der Waals surface area contributed by atoms with Crippen LogP contribution in [0.2, 0.25) is 0 Å². The van der Waals surface area contributed by atoms with Gasteiger partial charge in [-0.1, -0.05) is 23.1 Å². The van der Waals surface area contributed by atoms with Crippen molar-refractivity contribution < 1.29 is 14.7 Å². The van der Waals surface area contributed by atoms with Gasteiger partial charge in [0.1, 0.15) is 21.3 Å². The molecule has 1 saturated heterocycles. The highest BCUT2D eigenvalue weighted by atomic mass is 32.2. The molecule has 1 aromatic heterocycles. The fourth-order valence-corrected chi connectivity index (χ4v) is 5.46. The molecule has 2 aliphatic heterocycles. The summed E-state index contributed by atoms with van der Waals surface area (Å²) in [5, 5.41) is 17.4. The van der Waals surface area contributed by atoms with Gasteiger partial charge in [-0.2, -0.15) is 0 Å². The molecule has 1 N–H and O–H groups in total. The van der Waals surface area contributed by atoms with Crippen LogP contribution in [-0.2, 0) is 9.59 Å². The first-order valence-electron chi connectivity index (χ1n) is 5.43. The second-order valence-electron chi connectivity index (χ2n) is 3.95. The summed E-state index contributed by atoms with van der Waals surface area (Å²) in [7, 11) is 0. The van der Waals surface area contributed by atoms with Crippen molar-refractivity contribution in [2.24, 2.45) is 0 Å². The topological polar surface area (TPSA) is 83.4 Å². The van der Waals surface area contributed by atoms with Crippen molar-refractivity contribution in [1.82, 2.24) is 15.1 Å². The van der Waals surface area contributed by atoms with E-state index >= 15 is 0 Å². The molecule has 3 heterocycles. The molecule has 19 heavy (non-hydrogen) atoms. The standard InChI is InChI=1S/C10H9N3O3S3/c1-4-11-12-10(18-4)19-6-7(14)13-5(9(15)16)2-3-17-8(6)13/h2,6,8H,3H2,1H3,(H,15,16)/t6?,8-/m0/s1. The van der Waals surface area contributed by atoms with Gasteiger partial charge in [0.05, 0.1) is 0 Å². The average molecular weight is 315 g/mol. The second kappa shape index (κ2) is 4.80. The molecule has 1 unspecified atom stereocenters. The van der Waals surface area contributed by atoms with Gasteiger partial charge in [0.15, 0.2) is 4.34 Å². The van der Waals surface area contributed by atoms with E-state index in [0.29, 0.717) is 5.75 Å². The Balaban J connectivity index is 1.76. The third-order valence-electron chi connectivity index (χ3n) is 2.75. The van der Waals surface area contributed by atoms with E-state index < -0.39 is 5.97 Å². The Hall–Kier alpha value is -1.06. The Morgan fingerprint density at radius 1 is 1.58 bits per heavy atom. The summed E-state index contributed by atoms with van der Waals surface area (Å²) in [4.78, 5) is 24.5. The zero-order chi connectivity index (χ0) is 13.6. The summed E-state index contributed by atoms with van der Waals surface area (Å²) < 4.78 is 0.752. The minimum atomic E-state index is -1.05. The second-order valence-corrected chi connectivity index (χ2v) is 7.67. The number of carbonyl (C=O) groups excluding carboxylic acids is 1. The maximum Gasteiger partial charge on any atom is 0.352 e. The molecule has 100 valence electrons. The number of aryl methyl sites for hydroxylation is 1. The zero-order valence-electron chi connectivity index (χ0n) is 9.77. The van der Waals surface area contributed by atoms with Gasteiger partial charge < -0.3 is 5.11 Å². The molecule has 0 aromatic carbocycles. The van der Waals surface area contributed by atoms with Crippen LogP contribution in [0.4, 0.5) is 0 Å². The number of carbonyl (C=O) groups is 2. The number of amides is 1. The summed E-state index contributed by atoms with van der Waals surface area (Å²) in [6.07, 6.45) is 1.58. The minimum absolute atomic E-state index is 0.0963. The Kier molecular flexibility index (Phi) is 3.27. The van der Waals surface area contributed by atoms with Gasteiger partial charge in [0, 0.05) is 5.75 Å². The van der Waals surface area contributed by atoms with E-state index in [4.69, 9.17) is 5.11 Å². The Morgan fingerprint density at radius 2 is 2.37 bits per heavy atom. The predicted molar refractivity (Wildman–Crippen MR) is 73.1 cm³/mol.